The zero-order valence-corrected chi connectivity index (χ0v) is 34.4. The van der Waals surface area contributed by atoms with Gasteiger partial charge in [0.25, 0.3) is 0 Å². The van der Waals surface area contributed by atoms with E-state index in [1.54, 1.807) is 48.5 Å². The first-order valence-electron chi connectivity index (χ1n) is 20.7. The van der Waals surface area contributed by atoms with Crippen LogP contribution in [-0.4, -0.2) is 11.7 Å². The zero-order valence-electron chi connectivity index (χ0n) is 34.4. The van der Waals surface area contributed by atoms with E-state index in [4.69, 9.17) is 0 Å². The van der Waals surface area contributed by atoms with Gasteiger partial charge in [0.2, 0.25) is 0 Å². The topological polar surface area (TPSA) is 44.3 Å². The van der Waals surface area contributed by atoms with Gasteiger partial charge in [0.15, 0.2) is 0 Å². The summed E-state index contributed by atoms with van der Waals surface area (Å²) in [5.41, 5.74) is 19.5. The second-order valence-corrected chi connectivity index (χ2v) is 15.7. The quantitative estimate of drug-likeness (QED) is 0.0581. The smallest absolute Gasteiger partial charge is 0.123 e. The van der Waals surface area contributed by atoms with Gasteiger partial charge < -0.3 is 16.0 Å². The lowest BCUT2D eigenvalue weighted by Gasteiger charge is -2.31. The van der Waals surface area contributed by atoms with E-state index in [2.05, 4.69) is 61.1 Å². The maximum atomic E-state index is 14.6. The van der Waals surface area contributed by atoms with Crippen molar-refractivity contribution < 1.29 is 22.7 Å². The number of nitrogens with one attached hydrogen (secondary N) is 2. The molecule has 0 unspecified atom stereocenters. The van der Waals surface area contributed by atoms with Gasteiger partial charge in [0.1, 0.15) is 23.3 Å². The molecule has 0 saturated carbocycles. The Morgan fingerprint density at radius 1 is 0.403 bits per heavy atom. The summed E-state index contributed by atoms with van der Waals surface area (Å²) in [5, 5.41) is 10.4. The van der Waals surface area contributed by atoms with Gasteiger partial charge in [-0.2, -0.15) is 0 Å². The number of aliphatic hydroxyl groups is 1. The summed E-state index contributed by atoms with van der Waals surface area (Å²) in [5.74, 6) is -2.89. The molecule has 0 aliphatic heterocycles. The van der Waals surface area contributed by atoms with Crippen molar-refractivity contribution in [3.63, 3.8) is 0 Å². The largest absolute Gasteiger partial charge is 0.396 e. The van der Waals surface area contributed by atoms with Gasteiger partial charge >= 0.3 is 0 Å². The minimum Gasteiger partial charge on any atom is -0.396 e. The van der Waals surface area contributed by atoms with Crippen molar-refractivity contribution in [2.45, 2.75) is 38.0 Å². The van der Waals surface area contributed by atoms with Gasteiger partial charge in [-0.15, -0.1) is 0 Å². The standard InChI is InChI=1S/C55H46F4N2O/c1-35-31-36(2)54(48(32-35)51(38-9-5-3-6-10-38)39-11-7-4-8-12-39)60-61-55-49(52(40-13-21-44(56)22-14-40)41-15-23-45(57)24-16-41)33-37(29-30-62)34-50(55)53(42-17-25-46(58)26-18-42)43-19-27-47(59)28-20-43/h3-28,31-34,51-53,60-62H,29-30H2,1-2H3. The van der Waals surface area contributed by atoms with Crippen molar-refractivity contribution in [3.05, 3.63) is 272 Å². The molecule has 0 aliphatic carbocycles. The van der Waals surface area contributed by atoms with Gasteiger partial charge in [-0.25, -0.2) is 17.6 Å². The lowest BCUT2D eigenvalue weighted by Crippen LogP contribution is -2.20. The average molecular weight is 827 g/mol. The van der Waals surface area contributed by atoms with Crippen LogP contribution < -0.4 is 10.9 Å². The van der Waals surface area contributed by atoms with Crippen molar-refractivity contribution in [2.75, 3.05) is 17.5 Å². The minimum absolute atomic E-state index is 0.147. The molecular formula is C55H46F4N2O. The van der Waals surface area contributed by atoms with Gasteiger partial charge in [-0.1, -0.05) is 139 Å². The van der Waals surface area contributed by atoms with Crippen molar-refractivity contribution >= 4 is 11.4 Å². The van der Waals surface area contributed by atoms with Crippen molar-refractivity contribution in [1.82, 2.24) is 0 Å². The maximum Gasteiger partial charge on any atom is 0.123 e. The van der Waals surface area contributed by atoms with E-state index in [0.717, 1.165) is 72.4 Å². The zero-order chi connectivity index (χ0) is 43.2. The molecule has 3 nitrogen and oxygen atoms in total. The molecule has 0 heterocycles. The molecule has 0 atom stereocenters. The molecule has 0 amide bonds. The molecule has 0 saturated heterocycles. The molecule has 8 aromatic carbocycles. The number of rotatable bonds is 14. The summed E-state index contributed by atoms with van der Waals surface area (Å²) < 4.78 is 58.5. The van der Waals surface area contributed by atoms with Gasteiger partial charge in [-0.05, 0) is 130 Å². The normalized spacial score (nSPS) is 11.4. The van der Waals surface area contributed by atoms with Crippen molar-refractivity contribution in [3.8, 4) is 0 Å². The lowest BCUT2D eigenvalue weighted by molar-refractivity contribution is 0.299. The molecule has 310 valence electrons. The maximum absolute atomic E-state index is 14.6. The third-order valence-corrected chi connectivity index (χ3v) is 11.5. The molecule has 62 heavy (non-hydrogen) atoms. The van der Waals surface area contributed by atoms with Crippen LogP contribution in [-0.2, 0) is 6.42 Å². The van der Waals surface area contributed by atoms with E-state index in [-0.39, 0.29) is 12.5 Å². The van der Waals surface area contributed by atoms with Crippen LogP contribution in [0.25, 0.3) is 0 Å². The van der Waals surface area contributed by atoms with Crippen LogP contribution in [0.15, 0.2) is 182 Å². The Hall–Kier alpha value is -6.96. The lowest BCUT2D eigenvalue weighted by atomic mass is 9.78. The summed E-state index contributed by atoms with van der Waals surface area (Å²) >= 11 is 0. The fourth-order valence-electron chi connectivity index (χ4n) is 8.72. The predicted octanol–water partition coefficient (Wildman–Crippen LogP) is 13.4. The highest BCUT2D eigenvalue weighted by Gasteiger charge is 2.29. The Kier molecular flexibility index (Phi) is 12.6. The van der Waals surface area contributed by atoms with Gasteiger partial charge in [0.05, 0.1) is 11.4 Å². The summed E-state index contributed by atoms with van der Waals surface area (Å²) in [6.45, 7) is 4.01. The van der Waals surface area contributed by atoms with Crippen LogP contribution in [0.4, 0.5) is 28.9 Å². The van der Waals surface area contributed by atoms with E-state index in [1.807, 2.05) is 48.5 Å². The number of halogens is 4. The molecule has 7 heteroatoms. The van der Waals surface area contributed by atoms with Gasteiger partial charge in [-0.3, -0.25) is 0 Å². The number of hydrogen-bond donors (Lipinski definition) is 3. The van der Waals surface area contributed by atoms with Crippen LogP contribution >= 0.6 is 0 Å². The molecule has 8 aromatic rings. The highest BCUT2D eigenvalue weighted by molar-refractivity contribution is 5.73. The third kappa shape index (κ3) is 9.19. The van der Waals surface area contributed by atoms with Crippen LogP contribution in [0.3, 0.4) is 0 Å². The number of anilines is 2. The number of hydrogen-bond acceptors (Lipinski definition) is 3. The molecule has 0 aromatic heterocycles. The second kappa shape index (κ2) is 18.8. The van der Waals surface area contributed by atoms with Crippen molar-refractivity contribution in [1.29, 1.82) is 0 Å². The first kappa shape index (κ1) is 41.8. The molecule has 0 fully saturated rings. The Morgan fingerprint density at radius 2 is 0.726 bits per heavy atom. The second-order valence-electron chi connectivity index (χ2n) is 15.7. The molecular weight excluding hydrogens is 781 g/mol. The number of aryl methyl sites for hydroxylation is 2. The average Bonchev–Trinajstić information content (AvgIpc) is 3.28. The number of aliphatic hydroxyl groups excluding tert-OH is 1. The first-order chi connectivity index (χ1) is 30.2. The monoisotopic (exact) mass is 826 g/mol. The summed E-state index contributed by atoms with van der Waals surface area (Å²) in [4.78, 5) is 0. The Balaban J connectivity index is 1.41. The summed E-state index contributed by atoms with van der Waals surface area (Å²) in [7, 11) is 0. The summed E-state index contributed by atoms with van der Waals surface area (Å²) in [6.07, 6.45) is 0.296. The molecule has 0 bridgehead atoms. The fraction of sp³-hybridized carbons (Fsp3) is 0.127. The van der Waals surface area contributed by atoms with E-state index < -0.39 is 35.1 Å². The van der Waals surface area contributed by atoms with Crippen LogP contribution in [0.5, 0.6) is 0 Å². The Bertz CT molecular complexity index is 2500. The Labute approximate surface area is 360 Å². The number of benzene rings is 8. The minimum atomic E-state index is -0.569. The molecule has 0 radical (unpaired) electrons. The SMILES string of the molecule is Cc1cc(C)c(NNc2c(C(c3ccc(F)cc3)c3ccc(F)cc3)cc(CCO)cc2C(c2ccc(F)cc2)c2ccc(F)cc2)c(C(c2ccccc2)c2ccccc2)c1. The Morgan fingerprint density at radius 3 is 1.08 bits per heavy atom. The van der Waals surface area contributed by atoms with Crippen LogP contribution in [0.2, 0.25) is 0 Å². The van der Waals surface area contributed by atoms with E-state index >= 15 is 0 Å². The van der Waals surface area contributed by atoms with E-state index in [1.165, 1.54) is 48.5 Å². The number of hydrazine groups is 1. The fourth-order valence-corrected chi connectivity index (χ4v) is 8.72. The molecule has 8 rings (SSSR count). The van der Waals surface area contributed by atoms with E-state index in [9.17, 15) is 22.7 Å². The van der Waals surface area contributed by atoms with Crippen molar-refractivity contribution in [2.24, 2.45) is 0 Å². The van der Waals surface area contributed by atoms with E-state index in [0.29, 0.717) is 12.1 Å². The molecule has 0 spiro atoms. The summed E-state index contributed by atoms with van der Waals surface area (Å²) in [6, 6.07) is 54.2. The first-order valence-corrected chi connectivity index (χ1v) is 20.7. The molecule has 0 aliphatic rings. The third-order valence-electron chi connectivity index (χ3n) is 11.5. The van der Waals surface area contributed by atoms with Crippen LogP contribution in [0, 0.1) is 37.1 Å². The van der Waals surface area contributed by atoms with Crippen LogP contribution in [0.1, 0.15) is 84.5 Å². The highest BCUT2D eigenvalue weighted by Crippen LogP contribution is 2.45. The molecule has 3 N–H and O–H groups in total. The predicted molar refractivity (Wildman–Crippen MR) is 242 cm³/mol. The van der Waals surface area contributed by atoms with Gasteiger partial charge in [0, 0.05) is 24.4 Å². The highest BCUT2D eigenvalue weighted by atomic mass is 19.1.